The lowest BCUT2D eigenvalue weighted by atomic mass is 10.1. The molecule has 2 rings (SSSR count). The highest BCUT2D eigenvalue weighted by Gasteiger charge is 2.19. The van der Waals surface area contributed by atoms with Gasteiger partial charge in [0.15, 0.2) is 0 Å². The highest BCUT2D eigenvalue weighted by atomic mass is 79.9. The van der Waals surface area contributed by atoms with Gasteiger partial charge in [0.05, 0.1) is 4.90 Å². The Balaban J connectivity index is 2.24. The standard InChI is InChI=1S/C14H13BrClNO2S/c1-10(13-4-2-3-5-14(13)16)17-20(18,19)12-8-6-11(15)7-9-12/h2-10,17H,1H3/t10-/m1/s1. The van der Waals surface area contributed by atoms with E-state index in [-0.39, 0.29) is 4.90 Å². The van der Waals surface area contributed by atoms with Crippen LogP contribution in [0.15, 0.2) is 57.9 Å². The maximum Gasteiger partial charge on any atom is 0.241 e. The van der Waals surface area contributed by atoms with E-state index >= 15 is 0 Å². The molecule has 0 aromatic heterocycles. The summed E-state index contributed by atoms with van der Waals surface area (Å²) in [5.41, 5.74) is 0.745. The predicted octanol–water partition coefficient (Wildman–Crippen LogP) is 4.14. The average molecular weight is 375 g/mol. The summed E-state index contributed by atoms with van der Waals surface area (Å²) >= 11 is 9.35. The van der Waals surface area contributed by atoms with Gasteiger partial charge in [-0.2, -0.15) is 0 Å². The number of hydrogen-bond acceptors (Lipinski definition) is 2. The fourth-order valence-corrected chi connectivity index (χ4v) is 3.59. The Morgan fingerprint density at radius 2 is 1.70 bits per heavy atom. The molecule has 2 aromatic carbocycles. The topological polar surface area (TPSA) is 46.2 Å². The average Bonchev–Trinajstić information content (AvgIpc) is 2.39. The molecule has 0 spiro atoms. The molecular formula is C14H13BrClNO2S. The van der Waals surface area contributed by atoms with Crippen LogP contribution in [0.2, 0.25) is 5.02 Å². The van der Waals surface area contributed by atoms with Crippen molar-refractivity contribution in [2.24, 2.45) is 0 Å². The lowest BCUT2D eigenvalue weighted by Gasteiger charge is -2.16. The van der Waals surface area contributed by atoms with Gasteiger partial charge < -0.3 is 0 Å². The summed E-state index contributed by atoms with van der Waals surface area (Å²) < 4.78 is 28.0. The Morgan fingerprint density at radius 1 is 1.10 bits per heavy atom. The van der Waals surface area contributed by atoms with Gasteiger partial charge in [-0.1, -0.05) is 45.7 Å². The third-order valence-corrected chi connectivity index (χ3v) is 5.26. The first kappa shape index (κ1) is 15.5. The van der Waals surface area contributed by atoms with Crippen molar-refractivity contribution >= 4 is 37.6 Å². The van der Waals surface area contributed by atoms with Gasteiger partial charge in [0.1, 0.15) is 0 Å². The zero-order valence-electron chi connectivity index (χ0n) is 10.7. The number of sulfonamides is 1. The smallest absolute Gasteiger partial charge is 0.207 e. The Hall–Kier alpha value is -0.880. The van der Waals surface area contributed by atoms with Crippen molar-refractivity contribution in [3.05, 3.63) is 63.6 Å². The first-order valence-corrected chi connectivity index (χ1v) is 8.58. The summed E-state index contributed by atoms with van der Waals surface area (Å²) in [5, 5.41) is 0.540. The minimum Gasteiger partial charge on any atom is -0.207 e. The van der Waals surface area contributed by atoms with Crippen LogP contribution < -0.4 is 4.72 Å². The second kappa shape index (κ2) is 6.26. The van der Waals surface area contributed by atoms with E-state index < -0.39 is 16.1 Å². The molecule has 1 atom stereocenters. The van der Waals surface area contributed by atoms with Gasteiger partial charge in [-0.3, -0.25) is 0 Å². The molecule has 0 bridgehead atoms. The SMILES string of the molecule is C[C@@H](NS(=O)(=O)c1ccc(Br)cc1)c1ccccc1Cl. The molecule has 0 saturated carbocycles. The van der Waals surface area contributed by atoms with E-state index in [0.717, 1.165) is 10.0 Å². The summed E-state index contributed by atoms with van der Waals surface area (Å²) in [6, 6.07) is 13.2. The van der Waals surface area contributed by atoms with Gasteiger partial charge in [-0.15, -0.1) is 0 Å². The summed E-state index contributed by atoms with van der Waals surface area (Å²) in [5.74, 6) is 0. The minimum absolute atomic E-state index is 0.222. The Kier molecular flexibility index (Phi) is 4.86. The van der Waals surface area contributed by atoms with E-state index in [2.05, 4.69) is 20.7 Å². The van der Waals surface area contributed by atoms with Gasteiger partial charge in [-0.25, -0.2) is 13.1 Å². The van der Waals surface area contributed by atoms with Crippen molar-refractivity contribution < 1.29 is 8.42 Å². The number of nitrogens with one attached hydrogen (secondary N) is 1. The van der Waals surface area contributed by atoms with Crippen LogP contribution in [0.4, 0.5) is 0 Å². The maximum atomic E-state index is 12.3. The molecule has 0 unspecified atom stereocenters. The van der Waals surface area contributed by atoms with E-state index in [9.17, 15) is 8.42 Å². The zero-order valence-corrected chi connectivity index (χ0v) is 13.8. The summed E-state index contributed by atoms with van der Waals surface area (Å²) in [7, 11) is -3.57. The van der Waals surface area contributed by atoms with Crippen molar-refractivity contribution in [3.8, 4) is 0 Å². The van der Waals surface area contributed by atoms with E-state index in [1.165, 1.54) is 0 Å². The van der Waals surface area contributed by atoms with Crippen LogP contribution in [0, 0.1) is 0 Å². The number of halogens is 2. The fraction of sp³-hybridized carbons (Fsp3) is 0.143. The molecule has 0 amide bonds. The van der Waals surface area contributed by atoms with E-state index in [1.807, 2.05) is 12.1 Å². The Labute approximate surface area is 132 Å². The lowest BCUT2D eigenvalue weighted by molar-refractivity contribution is 0.567. The molecule has 20 heavy (non-hydrogen) atoms. The van der Waals surface area contributed by atoms with Crippen LogP contribution >= 0.6 is 27.5 Å². The molecule has 0 aliphatic heterocycles. The lowest BCUT2D eigenvalue weighted by Crippen LogP contribution is -2.27. The van der Waals surface area contributed by atoms with Crippen LogP contribution in [0.1, 0.15) is 18.5 Å². The first-order chi connectivity index (χ1) is 9.40. The number of hydrogen-bond donors (Lipinski definition) is 1. The molecule has 0 heterocycles. The van der Waals surface area contributed by atoms with E-state index in [0.29, 0.717) is 5.02 Å². The molecule has 0 aliphatic rings. The minimum atomic E-state index is -3.57. The summed E-state index contributed by atoms with van der Waals surface area (Å²) in [6.07, 6.45) is 0. The van der Waals surface area contributed by atoms with Gasteiger partial charge in [0.25, 0.3) is 0 Å². The fourth-order valence-electron chi connectivity index (χ4n) is 1.80. The summed E-state index contributed by atoms with van der Waals surface area (Å²) in [4.78, 5) is 0.222. The summed E-state index contributed by atoms with van der Waals surface area (Å²) in [6.45, 7) is 1.76. The van der Waals surface area contributed by atoms with E-state index in [1.54, 1.807) is 43.3 Å². The Morgan fingerprint density at radius 3 is 2.30 bits per heavy atom. The predicted molar refractivity (Wildman–Crippen MR) is 84.3 cm³/mol. The van der Waals surface area contributed by atoms with Crippen LogP contribution in [-0.4, -0.2) is 8.42 Å². The van der Waals surface area contributed by atoms with Gasteiger partial charge in [0.2, 0.25) is 10.0 Å². The number of benzene rings is 2. The van der Waals surface area contributed by atoms with Gasteiger partial charge in [0, 0.05) is 15.5 Å². The normalized spacial score (nSPS) is 13.2. The molecule has 0 saturated heterocycles. The van der Waals surface area contributed by atoms with Crippen LogP contribution in [0.3, 0.4) is 0 Å². The van der Waals surface area contributed by atoms with Crippen LogP contribution in [-0.2, 0) is 10.0 Å². The third-order valence-electron chi connectivity index (χ3n) is 2.83. The molecule has 6 heteroatoms. The van der Waals surface area contributed by atoms with E-state index in [4.69, 9.17) is 11.6 Å². The second-order valence-corrected chi connectivity index (χ2v) is 7.36. The highest BCUT2D eigenvalue weighted by molar-refractivity contribution is 9.10. The Bertz CT molecular complexity index is 701. The largest absolute Gasteiger partial charge is 0.241 e. The molecule has 0 aliphatic carbocycles. The highest BCUT2D eigenvalue weighted by Crippen LogP contribution is 2.24. The van der Waals surface area contributed by atoms with Crippen molar-refractivity contribution in [2.75, 3.05) is 0 Å². The molecule has 0 radical (unpaired) electrons. The van der Waals surface area contributed by atoms with Crippen molar-refractivity contribution in [3.63, 3.8) is 0 Å². The molecular weight excluding hydrogens is 362 g/mol. The molecule has 1 N–H and O–H groups in total. The molecule has 2 aromatic rings. The quantitative estimate of drug-likeness (QED) is 0.874. The van der Waals surface area contributed by atoms with Gasteiger partial charge >= 0.3 is 0 Å². The zero-order chi connectivity index (χ0) is 14.8. The van der Waals surface area contributed by atoms with Crippen molar-refractivity contribution in [1.29, 1.82) is 0 Å². The molecule has 3 nitrogen and oxygen atoms in total. The maximum absolute atomic E-state index is 12.3. The van der Waals surface area contributed by atoms with Gasteiger partial charge in [-0.05, 0) is 42.8 Å². The second-order valence-electron chi connectivity index (χ2n) is 4.32. The van der Waals surface area contributed by atoms with Crippen LogP contribution in [0.5, 0.6) is 0 Å². The monoisotopic (exact) mass is 373 g/mol. The third kappa shape index (κ3) is 3.61. The molecule has 106 valence electrons. The van der Waals surface area contributed by atoms with Crippen LogP contribution in [0.25, 0.3) is 0 Å². The van der Waals surface area contributed by atoms with Crippen molar-refractivity contribution in [1.82, 2.24) is 4.72 Å². The number of rotatable bonds is 4. The van der Waals surface area contributed by atoms with Crippen molar-refractivity contribution in [2.45, 2.75) is 17.9 Å². The first-order valence-electron chi connectivity index (χ1n) is 5.92. The molecule has 0 fully saturated rings.